The number of aromatic hydroxyl groups is 3. The van der Waals surface area contributed by atoms with Crippen molar-refractivity contribution in [3.05, 3.63) is 47.3 Å². The van der Waals surface area contributed by atoms with E-state index in [4.69, 9.17) is 0 Å². The second-order valence-electron chi connectivity index (χ2n) is 5.01. The Labute approximate surface area is 155 Å². The maximum atomic E-state index is 12.8. The summed E-state index contributed by atoms with van der Waals surface area (Å²) in [5.74, 6) is -2.58. The summed E-state index contributed by atoms with van der Waals surface area (Å²) in [7, 11) is 0. The second kappa shape index (κ2) is 5.32. The lowest BCUT2D eigenvalue weighted by molar-refractivity contribution is 0.0973. The molecule has 1 aliphatic carbocycles. The number of phenolic OH excluding ortho intramolecular Hbond substituents is 3. The number of carbonyl (C=O) groups excluding carboxylic acids is 2. The first-order chi connectivity index (χ1) is 10.7. The van der Waals surface area contributed by atoms with Gasteiger partial charge in [0.15, 0.2) is 5.78 Å². The maximum Gasteiger partial charge on any atom is 0.202 e. The number of hydrogen-bond acceptors (Lipinski definition) is 5. The van der Waals surface area contributed by atoms with E-state index in [1.165, 1.54) is 6.07 Å². The SMILES string of the molecule is Cc1cc2c(c(O)c1Br)C(=O)c1c(O)c(Br)c(O)c(Br)c1C2=O. The van der Waals surface area contributed by atoms with E-state index in [9.17, 15) is 24.9 Å². The number of aryl methyl sites for hydroxylation is 1. The maximum absolute atomic E-state index is 12.8. The molecule has 3 rings (SSSR count). The normalized spacial score (nSPS) is 13.0. The third kappa shape index (κ3) is 2.08. The van der Waals surface area contributed by atoms with Gasteiger partial charge in [0.05, 0.1) is 25.6 Å². The Morgan fingerprint density at radius 2 is 1.30 bits per heavy atom. The van der Waals surface area contributed by atoms with Gasteiger partial charge in [0.2, 0.25) is 5.78 Å². The molecule has 0 amide bonds. The zero-order chi connectivity index (χ0) is 17.2. The molecule has 0 unspecified atom stereocenters. The average molecular weight is 507 g/mol. The molecule has 0 spiro atoms. The number of rotatable bonds is 0. The highest BCUT2D eigenvalue weighted by Crippen LogP contribution is 2.49. The Morgan fingerprint density at radius 3 is 1.91 bits per heavy atom. The molecule has 8 heteroatoms. The van der Waals surface area contributed by atoms with Crippen molar-refractivity contribution >= 4 is 59.4 Å². The molecule has 0 aromatic heterocycles. The minimum atomic E-state index is -0.702. The van der Waals surface area contributed by atoms with Gasteiger partial charge in [0.1, 0.15) is 21.7 Å². The first-order valence-corrected chi connectivity index (χ1v) is 8.60. The highest BCUT2D eigenvalue weighted by atomic mass is 79.9. The minimum Gasteiger partial charge on any atom is -0.506 e. The summed E-state index contributed by atoms with van der Waals surface area (Å²) in [6, 6.07) is 1.48. The van der Waals surface area contributed by atoms with E-state index >= 15 is 0 Å². The fourth-order valence-corrected chi connectivity index (χ4v) is 4.10. The molecular formula is C15H7Br3O5. The summed E-state index contributed by atoms with van der Waals surface area (Å²) >= 11 is 9.23. The Bertz CT molecular complexity index is 934. The van der Waals surface area contributed by atoms with Crippen LogP contribution in [-0.2, 0) is 0 Å². The van der Waals surface area contributed by atoms with Gasteiger partial charge in [-0.1, -0.05) is 0 Å². The quantitative estimate of drug-likeness (QED) is 0.425. The molecule has 0 heterocycles. The molecule has 23 heavy (non-hydrogen) atoms. The highest BCUT2D eigenvalue weighted by Gasteiger charge is 2.39. The van der Waals surface area contributed by atoms with Crippen LogP contribution >= 0.6 is 47.8 Å². The summed E-state index contributed by atoms with van der Waals surface area (Å²) in [5, 5.41) is 30.4. The molecule has 0 atom stereocenters. The second-order valence-corrected chi connectivity index (χ2v) is 7.39. The van der Waals surface area contributed by atoms with Crippen LogP contribution in [0.25, 0.3) is 0 Å². The highest BCUT2D eigenvalue weighted by molar-refractivity contribution is 9.11. The predicted molar refractivity (Wildman–Crippen MR) is 92.6 cm³/mol. The van der Waals surface area contributed by atoms with Crippen molar-refractivity contribution in [1.82, 2.24) is 0 Å². The molecule has 118 valence electrons. The number of carbonyl (C=O) groups is 2. The van der Waals surface area contributed by atoms with E-state index in [1.54, 1.807) is 6.92 Å². The molecule has 5 nitrogen and oxygen atoms in total. The van der Waals surface area contributed by atoms with Crippen molar-refractivity contribution in [2.24, 2.45) is 0 Å². The Balaban J connectivity index is 2.48. The molecule has 3 N–H and O–H groups in total. The van der Waals surface area contributed by atoms with Gasteiger partial charge >= 0.3 is 0 Å². The molecule has 0 saturated heterocycles. The number of hydrogen-bond donors (Lipinski definition) is 3. The van der Waals surface area contributed by atoms with Crippen LogP contribution in [0.15, 0.2) is 19.5 Å². The van der Waals surface area contributed by atoms with Crippen molar-refractivity contribution < 1.29 is 24.9 Å². The number of phenols is 3. The van der Waals surface area contributed by atoms with Gasteiger partial charge in [-0.2, -0.15) is 0 Å². The lowest BCUT2D eigenvalue weighted by atomic mass is 9.82. The molecule has 2 aromatic carbocycles. The largest absolute Gasteiger partial charge is 0.506 e. The average Bonchev–Trinajstić information content (AvgIpc) is 2.51. The number of benzene rings is 2. The number of ketones is 2. The zero-order valence-corrected chi connectivity index (χ0v) is 16.1. The van der Waals surface area contributed by atoms with Gasteiger partial charge in [-0.25, -0.2) is 0 Å². The summed E-state index contributed by atoms with van der Waals surface area (Å²) in [4.78, 5) is 25.5. The lowest BCUT2D eigenvalue weighted by Gasteiger charge is -2.23. The summed E-state index contributed by atoms with van der Waals surface area (Å²) in [5.41, 5.74) is 0.00161. The number of fused-ring (bicyclic) bond motifs is 2. The van der Waals surface area contributed by atoms with Gasteiger partial charge in [-0.15, -0.1) is 0 Å². The van der Waals surface area contributed by atoms with E-state index < -0.39 is 17.3 Å². The van der Waals surface area contributed by atoms with Crippen LogP contribution in [0.4, 0.5) is 0 Å². The molecule has 0 radical (unpaired) electrons. The van der Waals surface area contributed by atoms with Crippen LogP contribution in [0.2, 0.25) is 0 Å². The van der Waals surface area contributed by atoms with Crippen molar-refractivity contribution in [3.63, 3.8) is 0 Å². The monoisotopic (exact) mass is 504 g/mol. The van der Waals surface area contributed by atoms with Crippen molar-refractivity contribution in [2.45, 2.75) is 6.92 Å². The van der Waals surface area contributed by atoms with Gasteiger partial charge in [-0.05, 0) is 66.3 Å². The standard InChI is InChI=1S/C15H7Br3O5/c1-3-2-4-5(13(21)8(3)16)12(20)7-6(11(4)19)9(17)15(23)10(18)14(7)22/h2,21-23H,1H3. The first kappa shape index (κ1) is 16.5. The topological polar surface area (TPSA) is 94.8 Å². The molecule has 0 fully saturated rings. The van der Waals surface area contributed by atoms with Crippen molar-refractivity contribution in [1.29, 1.82) is 0 Å². The summed E-state index contributed by atoms with van der Waals surface area (Å²) in [6.07, 6.45) is 0. The fourth-order valence-electron chi connectivity index (χ4n) is 2.54. The third-order valence-corrected chi connectivity index (χ3v) is 6.20. The Morgan fingerprint density at radius 1 is 0.739 bits per heavy atom. The van der Waals surface area contributed by atoms with Crippen LogP contribution in [0.3, 0.4) is 0 Å². The van der Waals surface area contributed by atoms with E-state index in [2.05, 4.69) is 47.8 Å². The molecule has 0 aliphatic heterocycles. The Kier molecular flexibility index (Phi) is 3.81. The van der Waals surface area contributed by atoms with E-state index in [0.717, 1.165) is 0 Å². The van der Waals surface area contributed by atoms with Gasteiger partial charge in [0.25, 0.3) is 0 Å². The molecule has 1 aliphatic rings. The van der Waals surface area contributed by atoms with Crippen LogP contribution in [0.1, 0.15) is 37.4 Å². The third-order valence-electron chi connectivity index (χ3n) is 3.68. The van der Waals surface area contributed by atoms with E-state index in [-0.39, 0.29) is 42.7 Å². The molecular weight excluding hydrogens is 500 g/mol. The van der Waals surface area contributed by atoms with E-state index in [0.29, 0.717) is 10.0 Å². The smallest absolute Gasteiger partial charge is 0.202 e. The number of halogens is 3. The van der Waals surface area contributed by atoms with Gasteiger partial charge in [-0.3, -0.25) is 9.59 Å². The van der Waals surface area contributed by atoms with Crippen molar-refractivity contribution in [2.75, 3.05) is 0 Å². The summed E-state index contributed by atoms with van der Waals surface area (Å²) < 4.78 is 0.192. The van der Waals surface area contributed by atoms with Crippen LogP contribution < -0.4 is 0 Å². The first-order valence-electron chi connectivity index (χ1n) is 6.22. The Hall–Kier alpha value is -1.38. The van der Waals surface area contributed by atoms with Crippen LogP contribution in [-0.4, -0.2) is 26.9 Å². The molecule has 2 aromatic rings. The fraction of sp³-hybridized carbons (Fsp3) is 0.0667. The zero-order valence-electron chi connectivity index (χ0n) is 11.4. The minimum absolute atomic E-state index is 0.00115. The van der Waals surface area contributed by atoms with Gasteiger partial charge in [0, 0.05) is 5.56 Å². The van der Waals surface area contributed by atoms with E-state index in [1.807, 2.05) is 0 Å². The molecule has 0 saturated carbocycles. The summed E-state index contributed by atoms with van der Waals surface area (Å²) in [6.45, 7) is 1.67. The van der Waals surface area contributed by atoms with Crippen molar-refractivity contribution in [3.8, 4) is 17.2 Å². The van der Waals surface area contributed by atoms with Crippen LogP contribution in [0, 0.1) is 6.92 Å². The molecule has 0 bridgehead atoms. The lowest BCUT2D eigenvalue weighted by Crippen LogP contribution is -2.22. The predicted octanol–water partition coefficient (Wildman–Crippen LogP) is 4.17. The van der Waals surface area contributed by atoms with Crippen LogP contribution in [0.5, 0.6) is 17.2 Å². The van der Waals surface area contributed by atoms with Gasteiger partial charge < -0.3 is 15.3 Å².